The third-order valence-electron chi connectivity index (χ3n) is 3.07. The van der Waals surface area contributed by atoms with Crippen LogP contribution in [0.3, 0.4) is 0 Å². The molecule has 1 aliphatic rings. The topological polar surface area (TPSA) is 32.3 Å². The molecule has 1 N–H and O–H groups in total. The van der Waals surface area contributed by atoms with Crippen molar-refractivity contribution in [2.24, 2.45) is 0 Å². The molecule has 0 aromatic heterocycles. The van der Waals surface area contributed by atoms with E-state index < -0.39 is 0 Å². The van der Waals surface area contributed by atoms with Gasteiger partial charge in [-0.05, 0) is 48.1 Å². The van der Waals surface area contributed by atoms with E-state index in [-0.39, 0.29) is 5.91 Å². The molecule has 3 nitrogen and oxygen atoms in total. The summed E-state index contributed by atoms with van der Waals surface area (Å²) in [6.07, 6.45) is 1.78. The number of carbonyl (C=O) groups is 1. The first kappa shape index (κ1) is 13.8. The summed E-state index contributed by atoms with van der Waals surface area (Å²) in [4.78, 5) is 13.9. The van der Waals surface area contributed by atoms with E-state index in [0.29, 0.717) is 21.5 Å². The van der Waals surface area contributed by atoms with E-state index in [4.69, 9.17) is 23.8 Å². The summed E-state index contributed by atoms with van der Waals surface area (Å²) in [6.45, 7) is 0. The van der Waals surface area contributed by atoms with Crippen LogP contribution in [0.25, 0.3) is 6.08 Å². The van der Waals surface area contributed by atoms with E-state index in [0.717, 1.165) is 5.56 Å². The SMILES string of the molecule is O=C1/C(=C/c2ccccc2)NC(=S)N1c1ccc(Cl)cc1. The van der Waals surface area contributed by atoms with Crippen LogP contribution in [0.15, 0.2) is 60.3 Å². The Balaban J connectivity index is 1.92. The zero-order chi connectivity index (χ0) is 14.8. The highest BCUT2D eigenvalue weighted by atomic mass is 35.5. The van der Waals surface area contributed by atoms with Crippen LogP contribution in [0.1, 0.15) is 5.56 Å². The fraction of sp³-hybridized carbons (Fsp3) is 0. The van der Waals surface area contributed by atoms with Crippen molar-refractivity contribution in [1.82, 2.24) is 5.32 Å². The number of nitrogens with zero attached hydrogens (tertiary/aromatic N) is 1. The molecular formula is C16H11ClN2OS. The first-order valence-electron chi connectivity index (χ1n) is 6.33. The van der Waals surface area contributed by atoms with Gasteiger partial charge < -0.3 is 5.32 Å². The largest absolute Gasteiger partial charge is 0.327 e. The Morgan fingerprint density at radius 2 is 1.71 bits per heavy atom. The van der Waals surface area contributed by atoms with Crippen molar-refractivity contribution in [3.05, 3.63) is 70.9 Å². The number of amides is 1. The highest BCUT2D eigenvalue weighted by Crippen LogP contribution is 2.24. The normalized spacial score (nSPS) is 16.4. The van der Waals surface area contributed by atoms with E-state index in [1.165, 1.54) is 4.90 Å². The number of benzene rings is 2. The molecule has 1 fully saturated rings. The van der Waals surface area contributed by atoms with E-state index in [1.807, 2.05) is 30.3 Å². The number of hydrogen-bond donors (Lipinski definition) is 1. The molecule has 0 spiro atoms. The smallest absolute Gasteiger partial charge is 0.281 e. The summed E-state index contributed by atoms with van der Waals surface area (Å²) >= 11 is 11.1. The maximum Gasteiger partial charge on any atom is 0.281 e. The zero-order valence-electron chi connectivity index (χ0n) is 10.9. The van der Waals surface area contributed by atoms with Crippen molar-refractivity contribution < 1.29 is 4.79 Å². The standard InChI is InChI=1S/C16H11ClN2OS/c17-12-6-8-13(9-7-12)19-15(20)14(18-16(19)21)10-11-4-2-1-3-5-11/h1-10H,(H,18,21)/b14-10-. The molecule has 0 aliphatic carbocycles. The maximum atomic E-state index is 12.5. The van der Waals surface area contributed by atoms with Crippen molar-refractivity contribution >= 4 is 46.6 Å². The van der Waals surface area contributed by atoms with Crippen molar-refractivity contribution in [2.45, 2.75) is 0 Å². The number of carbonyl (C=O) groups excluding carboxylic acids is 1. The number of anilines is 1. The Bertz CT molecular complexity index is 726. The van der Waals surface area contributed by atoms with Gasteiger partial charge in [0.15, 0.2) is 5.11 Å². The van der Waals surface area contributed by atoms with Gasteiger partial charge in [-0.15, -0.1) is 0 Å². The minimum absolute atomic E-state index is 0.175. The Kier molecular flexibility index (Phi) is 3.73. The molecule has 1 heterocycles. The highest BCUT2D eigenvalue weighted by molar-refractivity contribution is 7.80. The van der Waals surface area contributed by atoms with Gasteiger partial charge >= 0.3 is 0 Å². The monoisotopic (exact) mass is 314 g/mol. The minimum Gasteiger partial charge on any atom is -0.327 e. The number of nitrogens with one attached hydrogen (secondary N) is 1. The van der Waals surface area contributed by atoms with E-state index in [9.17, 15) is 4.79 Å². The Hall–Kier alpha value is -2.17. The number of hydrogen-bond acceptors (Lipinski definition) is 2. The van der Waals surface area contributed by atoms with Crippen molar-refractivity contribution in [1.29, 1.82) is 0 Å². The second-order valence-corrected chi connectivity index (χ2v) is 5.34. The summed E-state index contributed by atoms with van der Waals surface area (Å²) in [5.41, 5.74) is 2.09. The van der Waals surface area contributed by atoms with E-state index in [2.05, 4.69) is 5.32 Å². The van der Waals surface area contributed by atoms with E-state index >= 15 is 0 Å². The van der Waals surface area contributed by atoms with Gasteiger partial charge in [-0.3, -0.25) is 9.69 Å². The average molecular weight is 315 g/mol. The lowest BCUT2D eigenvalue weighted by Gasteiger charge is -2.13. The van der Waals surface area contributed by atoms with Crippen LogP contribution in [0.5, 0.6) is 0 Å². The molecule has 21 heavy (non-hydrogen) atoms. The molecule has 0 saturated carbocycles. The Labute approximate surface area is 132 Å². The van der Waals surface area contributed by atoms with Crippen LogP contribution in [0.2, 0.25) is 5.02 Å². The van der Waals surface area contributed by atoms with Gasteiger partial charge in [0.05, 0.1) is 5.69 Å². The second kappa shape index (κ2) is 5.68. The zero-order valence-corrected chi connectivity index (χ0v) is 12.5. The summed E-state index contributed by atoms with van der Waals surface area (Å²) in [5, 5.41) is 3.93. The predicted molar refractivity (Wildman–Crippen MR) is 89.1 cm³/mol. The maximum absolute atomic E-state index is 12.5. The molecule has 1 saturated heterocycles. The summed E-state index contributed by atoms with van der Waals surface area (Å²) in [7, 11) is 0. The molecule has 1 aliphatic heterocycles. The second-order valence-electron chi connectivity index (χ2n) is 4.52. The van der Waals surface area contributed by atoms with Gasteiger partial charge in [-0.25, -0.2) is 0 Å². The fourth-order valence-corrected chi connectivity index (χ4v) is 2.50. The Morgan fingerprint density at radius 3 is 2.38 bits per heavy atom. The van der Waals surface area contributed by atoms with Crippen molar-refractivity contribution in [2.75, 3.05) is 4.90 Å². The van der Waals surface area contributed by atoms with Crippen LogP contribution in [0, 0.1) is 0 Å². The third-order valence-corrected chi connectivity index (χ3v) is 3.61. The lowest BCUT2D eigenvalue weighted by molar-refractivity contribution is -0.113. The molecule has 2 aromatic rings. The Morgan fingerprint density at radius 1 is 1.05 bits per heavy atom. The van der Waals surface area contributed by atoms with Gasteiger partial charge in [-0.2, -0.15) is 0 Å². The molecule has 1 amide bonds. The summed E-state index contributed by atoms with van der Waals surface area (Å²) in [6, 6.07) is 16.6. The number of rotatable bonds is 2. The quantitative estimate of drug-likeness (QED) is 0.679. The average Bonchev–Trinajstić information content (AvgIpc) is 2.76. The molecular weight excluding hydrogens is 304 g/mol. The van der Waals surface area contributed by atoms with Gasteiger partial charge in [0.1, 0.15) is 5.70 Å². The number of halogens is 1. The van der Waals surface area contributed by atoms with Crippen molar-refractivity contribution in [3.8, 4) is 0 Å². The molecule has 0 bridgehead atoms. The predicted octanol–water partition coefficient (Wildman–Crippen LogP) is 3.60. The van der Waals surface area contributed by atoms with Crippen LogP contribution < -0.4 is 10.2 Å². The van der Waals surface area contributed by atoms with Gasteiger partial charge in [-0.1, -0.05) is 41.9 Å². The lowest BCUT2D eigenvalue weighted by atomic mass is 10.2. The highest BCUT2D eigenvalue weighted by Gasteiger charge is 2.31. The third kappa shape index (κ3) is 2.82. The molecule has 3 rings (SSSR count). The minimum atomic E-state index is -0.175. The van der Waals surface area contributed by atoms with Gasteiger partial charge in [0, 0.05) is 5.02 Å². The van der Waals surface area contributed by atoms with Crippen LogP contribution >= 0.6 is 23.8 Å². The first-order valence-corrected chi connectivity index (χ1v) is 7.11. The van der Waals surface area contributed by atoms with Crippen molar-refractivity contribution in [3.63, 3.8) is 0 Å². The molecule has 104 valence electrons. The molecule has 0 unspecified atom stereocenters. The summed E-state index contributed by atoms with van der Waals surface area (Å²) < 4.78 is 0. The summed E-state index contributed by atoms with van der Waals surface area (Å²) in [5.74, 6) is -0.175. The molecule has 0 radical (unpaired) electrons. The van der Waals surface area contributed by atoms with E-state index in [1.54, 1.807) is 30.3 Å². The molecule has 0 atom stereocenters. The van der Waals surface area contributed by atoms with Gasteiger partial charge in [0.25, 0.3) is 5.91 Å². The van der Waals surface area contributed by atoms with Crippen LogP contribution in [-0.2, 0) is 4.79 Å². The first-order chi connectivity index (χ1) is 10.1. The molecule has 2 aromatic carbocycles. The number of thiocarbonyl (C=S) groups is 1. The van der Waals surface area contributed by atoms with Crippen LogP contribution in [-0.4, -0.2) is 11.0 Å². The lowest BCUT2D eigenvalue weighted by Crippen LogP contribution is -2.30. The molecule has 5 heteroatoms. The van der Waals surface area contributed by atoms with Gasteiger partial charge in [0.2, 0.25) is 0 Å². The fourth-order valence-electron chi connectivity index (χ4n) is 2.08. The van der Waals surface area contributed by atoms with Crippen LogP contribution in [0.4, 0.5) is 5.69 Å².